The van der Waals surface area contributed by atoms with Gasteiger partial charge in [0.25, 0.3) is 0 Å². The molecule has 12 heteroatoms. The van der Waals surface area contributed by atoms with Gasteiger partial charge in [0.05, 0.1) is 26.4 Å². The molecule has 0 fully saturated rings. The van der Waals surface area contributed by atoms with E-state index in [0.717, 1.165) is 114 Å². The fraction of sp³-hybridized carbons (Fsp3) is 1.00. The normalized spacial score (nSPS) is 12.5. The molecule has 0 heterocycles. The number of hydrogen-bond donors (Lipinski definition) is 0. The molecule has 0 amide bonds. The van der Waals surface area contributed by atoms with Gasteiger partial charge in [-0.3, -0.25) is 0 Å². The highest BCUT2D eigenvalue weighted by atomic mass is 33.7. The van der Waals surface area contributed by atoms with E-state index in [1.165, 1.54) is 0 Å². The Morgan fingerprint density at radius 3 is 1.06 bits per heavy atom. The Bertz CT molecular complexity index is 472. The van der Waals surface area contributed by atoms with Crippen molar-refractivity contribution in [2.45, 2.75) is 91.9 Å². The summed E-state index contributed by atoms with van der Waals surface area (Å²) >= 11 is 11.6. The summed E-state index contributed by atoms with van der Waals surface area (Å²) in [6.07, 6.45) is 12.6. The lowest BCUT2D eigenvalue weighted by molar-refractivity contribution is 0.240. The van der Waals surface area contributed by atoms with Gasteiger partial charge in [-0.05, 0) is 81.8 Å². The van der Waals surface area contributed by atoms with E-state index in [9.17, 15) is 0 Å². The third-order valence-corrected chi connectivity index (χ3v) is 17.6. The maximum absolute atomic E-state index is 6.03. The number of unbranched alkanes of at least 4 members (excludes halogenated alkanes) is 4. The lowest BCUT2D eigenvalue weighted by Crippen LogP contribution is -2.03. The molecule has 0 aliphatic heterocycles. The topological polar surface area (TPSA) is 36.9 Å². The van der Waals surface area contributed by atoms with Crippen LogP contribution in [-0.4, -0.2) is 50.3 Å². The van der Waals surface area contributed by atoms with Crippen molar-refractivity contribution in [2.75, 3.05) is 50.3 Å². The lowest BCUT2D eigenvalue weighted by Gasteiger charge is -2.22. The van der Waals surface area contributed by atoms with Gasteiger partial charge in [0.15, 0.2) is 13.0 Å². The number of hydrogen-bond acceptors (Lipinski definition) is 10. The summed E-state index contributed by atoms with van der Waals surface area (Å²) < 4.78 is 24.1. The monoisotopic (exact) mass is 630 g/mol. The summed E-state index contributed by atoms with van der Waals surface area (Å²) in [5.74, 6) is 2.14. The molecule has 0 rings (SSSR count). The van der Waals surface area contributed by atoms with Gasteiger partial charge in [-0.2, -0.15) is 0 Å². The maximum Gasteiger partial charge on any atom is 0.188 e. The first-order valence-electron chi connectivity index (χ1n) is 12.8. The molecule has 0 unspecified atom stereocenters. The quantitative estimate of drug-likeness (QED) is 0.0497. The van der Waals surface area contributed by atoms with Gasteiger partial charge in [-0.15, -0.1) is 0 Å². The van der Waals surface area contributed by atoms with Crippen LogP contribution in [0.25, 0.3) is 0 Å². The first kappa shape index (κ1) is 36.5. The first-order chi connectivity index (χ1) is 16.4. The van der Waals surface area contributed by atoms with E-state index in [2.05, 4.69) is 27.7 Å². The number of rotatable bonds is 27. The standard InChI is InChI=1S/C22H48O4P2S6/c1-5-9-15-23-27(29,24-16-10-6-2)19-13-21-31-33-34-32-22-14-20-28(30,25-17-11-7-3)26-18-12-8-4/h5-22H2,1-4H3. The predicted octanol–water partition coefficient (Wildman–Crippen LogP) is 10.3. The van der Waals surface area contributed by atoms with E-state index in [1.807, 2.05) is 41.2 Å². The van der Waals surface area contributed by atoms with Crippen LogP contribution in [0, 0.1) is 0 Å². The minimum atomic E-state index is -2.12. The summed E-state index contributed by atoms with van der Waals surface area (Å²) in [6, 6.07) is 0. The molecule has 0 spiro atoms. The van der Waals surface area contributed by atoms with E-state index in [0.29, 0.717) is 0 Å². The van der Waals surface area contributed by atoms with Crippen molar-refractivity contribution in [3.05, 3.63) is 0 Å². The van der Waals surface area contributed by atoms with Crippen LogP contribution in [-0.2, 0) is 41.7 Å². The Kier molecular flexibility index (Phi) is 27.7. The van der Waals surface area contributed by atoms with E-state index < -0.39 is 13.0 Å². The maximum atomic E-state index is 6.03. The van der Waals surface area contributed by atoms with Crippen LogP contribution < -0.4 is 0 Å². The second-order valence-electron chi connectivity index (χ2n) is 7.90. The SMILES string of the molecule is CCCCOP(=S)(CCCSSSSCCCP(=S)(OCCCC)OCCCC)OCCCC. The Labute approximate surface area is 236 Å². The molecule has 0 aromatic rings. The highest BCUT2D eigenvalue weighted by molar-refractivity contribution is 9.26. The molecular weight excluding hydrogens is 583 g/mol. The highest BCUT2D eigenvalue weighted by Gasteiger charge is 2.19. The van der Waals surface area contributed by atoms with Crippen LogP contribution in [0.3, 0.4) is 0 Å². The second kappa shape index (κ2) is 25.8. The minimum Gasteiger partial charge on any atom is -0.329 e. The Morgan fingerprint density at radius 2 is 0.794 bits per heavy atom. The van der Waals surface area contributed by atoms with Crippen LogP contribution in [0.5, 0.6) is 0 Å². The van der Waals surface area contributed by atoms with Gasteiger partial charge in [-0.25, -0.2) is 0 Å². The average Bonchev–Trinajstić information content (AvgIpc) is 2.81. The van der Waals surface area contributed by atoms with E-state index >= 15 is 0 Å². The van der Waals surface area contributed by atoms with E-state index in [-0.39, 0.29) is 0 Å². The molecule has 0 aliphatic rings. The van der Waals surface area contributed by atoms with Gasteiger partial charge in [0.1, 0.15) is 0 Å². The van der Waals surface area contributed by atoms with Crippen LogP contribution in [0.15, 0.2) is 0 Å². The van der Waals surface area contributed by atoms with Gasteiger partial charge in [-0.1, -0.05) is 75.0 Å². The van der Waals surface area contributed by atoms with Crippen molar-refractivity contribution in [3.63, 3.8) is 0 Å². The van der Waals surface area contributed by atoms with Crippen LogP contribution in [0.1, 0.15) is 91.9 Å². The molecule has 34 heavy (non-hydrogen) atoms. The zero-order valence-corrected chi connectivity index (χ0v) is 28.4. The van der Waals surface area contributed by atoms with E-state index in [1.54, 1.807) is 0 Å². The molecular formula is C22H48O4P2S6. The molecule has 0 saturated heterocycles. The average molecular weight is 631 g/mol. The van der Waals surface area contributed by atoms with Crippen molar-refractivity contribution in [1.82, 2.24) is 0 Å². The van der Waals surface area contributed by atoms with E-state index in [4.69, 9.17) is 41.7 Å². The molecule has 0 N–H and O–H groups in total. The molecule has 4 nitrogen and oxygen atoms in total. The molecule has 0 aromatic heterocycles. The minimum absolute atomic E-state index is 0.732. The van der Waals surface area contributed by atoms with Crippen molar-refractivity contribution < 1.29 is 18.1 Å². The van der Waals surface area contributed by atoms with Gasteiger partial charge < -0.3 is 18.1 Å². The Morgan fingerprint density at radius 1 is 0.500 bits per heavy atom. The zero-order valence-electron chi connectivity index (χ0n) is 21.7. The largest absolute Gasteiger partial charge is 0.329 e. The summed E-state index contributed by atoms with van der Waals surface area (Å²) in [5.41, 5.74) is 0. The molecule has 0 bridgehead atoms. The third kappa shape index (κ3) is 22.5. The van der Waals surface area contributed by atoms with Gasteiger partial charge >= 0.3 is 0 Å². The predicted molar refractivity (Wildman–Crippen MR) is 171 cm³/mol. The molecule has 0 aromatic carbocycles. The van der Waals surface area contributed by atoms with Crippen molar-refractivity contribution >= 4 is 77.8 Å². The summed E-state index contributed by atoms with van der Waals surface area (Å²) in [6.45, 7) is 7.38. The summed E-state index contributed by atoms with van der Waals surface area (Å²) in [5, 5.41) is 0. The third-order valence-electron chi connectivity index (χ3n) is 4.59. The summed E-state index contributed by atoms with van der Waals surface area (Å²) in [7, 11) is 7.50. The van der Waals surface area contributed by atoms with Crippen molar-refractivity contribution in [3.8, 4) is 0 Å². The van der Waals surface area contributed by atoms with Gasteiger partial charge in [0, 0.05) is 23.8 Å². The van der Waals surface area contributed by atoms with Crippen molar-refractivity contribution in [1.29, 1.82) is 0 Å². The lowest BCUT2D eigenvalue weighted by atomic mass is 10.4. The fourth-order valence-electron chi connectivity index (χ4n) is 2.47. The molecule has 0 aliphatic carbocycles. The van der Waals surface area contributed by atoms with Crippen LogP contribution >= 0.6 is 54.2 Å². The Balaban J connectivity index is 3.99. The highest BCUT2D eigenvalue weighted by Crippen LogP contribution is 2.52. The zero-order chi connectivity index (χ0) is 25.4. The van der Waals surface area contributed by atoms with Crippen molar-refractivity contribution in [2.24, 2.45) is 0 Å². The second-order valence-corrected chi connectivity index (χ2v) is 21.9. The molecule has 0 atom stereocenters. The van der Waals surface area contributed by atoms with Crippen LogP contribution in [0.4, 0.5) is 0 Å². The molecule has 206 valence electrons. The Hall–Kier alpha value is 2.54. The van der Waals surface area contributed by atoms with Gasteiger partial charge in [0.2, 0.25) is 0 Å². The summed E-state index contributed by atoms with van der Waals surface area (Å²) in [4.78, 5) is 0. The first-order valence-corrected chi connectivity index (χ1v) is 23.6. The molecule has 0 saturated carbocycles. The smallest absolute Gasteiger partial charge is 0.188 e. The molecule has 0 radical (unpaired) electrons. The van der Waals surface area contributed by atoms with Crippen LogP contribution in [0.2, 0.25) is 0 Å². The fourth-order valence-corrected chi connectivity index (χ4v) is 14.1.